The molecule has 1 N–H and O–H groups in total. The van der Waals surface area contributed by atoms with Gasteiger partial charge in [-0.3, -0.25) is 9.78 Å². The van der Waals surface area contributed by atoms with E-state index >= 15 is 0 Å². The van der Waals surface area contributed by atoms with Crippen molar-refractivity contribution in [2.75, 3.05) is 31.2 Å². The quantitative estimate of drug-likeness (QED) is 0.757. The third kappa shape index (κ3) is 3.09. The predicted molar refractivity (Wildman–Crippen MR) is 109 cm³/mol. The summed E-state index contributed by atoms with van der Waals surface area (Å²) in [5.41, 5.74) is 5.13. The Balaban J connectivity index is 1.56. The second-order valence-electron chi connectivity index (χ2n) is 7.93. The van der Waals surface area contributed by atoms with Crippen molar-refractivity contribution >= 4 is 17.0 Å². The monoisotopic (exact) mass is 379 g/mol. The van der Waals surface area contributed by atoms with E-state index in [1.807, 2.05) is 4.68 Å². The number of H-pyrrole nitrogens is 1. The normalized spacial score (nSPS) is 17.9. The third-order valence-corrected chi connectivity index (χ3v) is 5.69. The predicted octanol–water partition coefficient (Wildman–Crippen LogP) is 2.83. The van der Waals surface area contributed by atoms with Gasteiger partial charge in [-0.15, -0.1) is 5.10 Å². The maximum absolute atomic E-state index is 12.7. The molecule has 1 aliphatic heterocycles. The van der Waals surface area contributed by atoms with Gasteiger partial charge in [0.2, 0.25) is 5.95 Å². The minimum absolute atomic E-state index is 0.152. The Bertz CT molecular complexity index is 1060. The number of fused-ring (bicyclic) bond motifs is 1. The minimum atomic E-state index is -0.152. The highest BCUT2D eigenvalue weighted by atomic mass is 16.5. The number of ether oxygens (including phenoxy) is 1. The Hall–Kier alpha value is -2.67. The molecule has 2 aliphatic rings. The standard InChI is InChI=1S/C21H25N5O2/c1-13-10-16(15-4-5-15)11-14(2)18(13)26-12-17-19(24-26)22-21(23-20(17)27)25-6-3-8-28-9-7-25/h10-12,15H,3-9H2,1-2H3,(H,22,23,24,27). The average Bonchev–Trinajstić information content (AvgIpc) is 3.46. The lowest BCUT2D eigenvalue weighted by Gasteiger charge is -2.19. The highest BCUT2D eigenvalue weighted by Gasteiger charge is 2.25. The summed E-state index contributed by atoms with van der Waals surface area (Å²) in [6, 6.07) is 4.51. The molecule has 1 aliphatic carbocycles. The van der Waals surface area contributed by atoms with Crippen LogP contribution in [-0.4, -0.2) is 46.1 Å². The molecule has 0 atom stereocenters. The summed E-state index contributed by atoms with van der Waals surface area (Å²) in [4.78, 5) is 22.3. The molecule has 0 radical (unpaired) electrons. The van der Waals surface area contributed by atoms with E-state index in [9.17, 15) is 4.79 Å². The van der Waals surface area contributed by atoms with Gasteiger partial charge < -0.3 is 9.64 Å². The maximum Gasteiger partial charge on any atom is 0.263 e. The summed E-state index contributed by atoms with van der Waals surface area (Å²) in [5, 5.41) is 5.18. The molecule has 7 heteroatoms. The van der Waals surface area contributed by atoms with Gasteiger partial charge in [-0.1, -0.05) is 12.1 Å². The van der Waals surface area contributed by atoms with Gasteiger partial charge >= 0.3 is 0 Å². The van der Waals surface area contributed by atoms with E-state index in [1.54, 1.807) is 6.20 Å². The molecule has 5 rings (SSSR count). The summed E-state index contributed by atoms with van der Waals surface area (Å²) in [6.45, 7) is 7.14. The van der Waals surface area contributed by atoms with E-state index < -0.39 is 0 Å². The Labute approximate surface area is 163 Å². The fraction of sp³-hybridized carbons (Fsp3) is 0.476. The van der Waals surface area contributed by atoms with Crippen LogP contribution in [0.25, 0.3) is 16.7 Å². The number of nitrogens with one attached hydrogen (secondary N) is 1. The Morgan fingerprint density at radius 2 is 1.93 bits per heavy atom. The molecular weight excluding hydrogens is 354 g/mol. The highest BCUT2D eigenvalue weighted by molar-refractivity contribution is 5.75. The van der Waals surface area contributed by atoms with Gasteiger partial charge in [0.15, 0.2) is 5.65 Å². The molecule has 1 saturated heterocycles. The summed E-state index contributed by atoms with van der Waals surface area (Å²) < 4.78 is 7.31. The number of hydrogen-bond donors (Lipinski definition) is 1. The largest absolute Gasteiger partial charge is 0.380 e. The van der Waals surface area contributed by atoms with Crippen LogP contribution < -0.4 is 10.5 Å². The van der Waals surface area contributed by atoms with E-state index in [4.69, 9.17) is 4.74 Å². The fourth-order valence-electron chi connectivity index (χ4n) is 4.13. The van der Waals surface area contributed by atoms with Crippen LogP contribution in [0.4, 0.5) is 5.95 Å². The van der Waals surface area contributed by atoms with E-state index in [0.29, 0.717) is 29.5 Å². The molecule has 1 saturated carbocycles. The van der Waals surface area contributed by atoms with E-state index in [-0.39, 0.29) is 5.56 Å². The highest BCUT2D eigenvalue weighted by Crippen LogP contribution is 2.41. The van der Waals surface area contributed by atoms with Crippen LogP contribution in [0.15, 0.2) is 23.1 Å². The van der Waals surface area contributed by atoms with Crippen LogP contribution in [0.1, 0.15) is 41.9 Å². The first-order valence-electron chi connectivity index (χ1n) is 10.0. The van der Waals surface area contributed by atoms with E-state index in [2.05, 4.69) is 45.9 Å². The molecule has 2 fully saturated rings. The number of nitrogens with zero attached hydrogens (tertiary/aromatic N) is 4. The van der Waals surface area contributed by atoms with E-state index in [0.717, 1.165) is 31.8 Å². The van der Waals surface area contributed by atoms with Crippen LogP contribution >= 0.6 is 0 Å². The molecule has 0 unspecified atom stereocenters. The molecule has 146 valence electrons. The molecule has 0 bridgehead atoms. The van der Waals surface area contributed by atoms with Gasteiger partial charge in [0.25, 0.3) is 5.56 Å². The van der Waals surface area contributed by atoms with Gasteiger partial charge in [0, 0.05) is 25.9 Å². The molecule has 7 nitrogen and oxygen atoms in total. The van der Waals surface area contributed by atoms with Crippen molar-refractivity contribution in [3.05, 3.63) is 45.4 Å². The number of anilines is 1. The average molecular weight is 379 g/mol. The second kappa shape index (κ2) is 6.74. The number of aromatic nitrogens is 4. The molecule has 2 aromatic heterocycles. The van der Waals surface area contributed by atoms with Crippen LogP contribution in [0.2, 0.25) is 0 Å². The number of rotatable bonds is 3. The smallest absolute Gasteiger partial charge is 0.263 e. The Morgan fingerprint density at radius 3 is 2.68 bits per heavy atom. The first-order valence-corrected chi connectivity index (χ1v) is 10.0. The van der Waals surface area contributed by atoms with Gasteiger partial charge in [-0.25, -0.2) is 4.68 Å². The zero-order valence-electron chi connectivity index (χ0n) is 16.4. The van der Waals surface area contributed by atoms with Crippen molar-refractivity contribution in [3.63, 3.8) is 0 Å². The molecule has 28 heavy (non-hydrogen) atoms. The van der Waals surface area contributed by atoms with Gasteiger partial charge in [-0.2, -0.15) is 4.98 Å². The molecule has 0 spiro atoms. The lowest BCUT2D eigenvalue weighted by atomic mass is 10.0. The van der Waals surface area contributed by atoms with E-state index in [1.165, 1.54) is 29.5 Å². The molecule has 3 aromatic rings. The SMILES string of the molecule is Cc1cc(C2CC2)cc(C)c1-n1cc2c(=O)[nH]c(N3CCCOCC3)nc2n1. The van der Waals surface area contributed by atoms with Crippen molar-refractivity contribution in [2.45, 2.75) is 39.0 Å². The van der Waals surface area contributed by atoms with Gasteiger partial charge in [0.05, 0.1) is 12.3 Å². The summed E-state index contributed by atoms with van der Waals surface area (Å²) in [5.74, 6) is 1.29. The Morgan fingerprint density at radius 1 is 1.14 bits per heavy atom. The number of hydrogen-bond acceptors (Lipinski definition) is 5. The van der Waals surface area contributed by atoms with Crippen molar-refractivity contribution in [1.82, 2.24) is 19.7 Å². The van der Waals surface area contributed by atoms with Crippen molar-refractivity contribution in [1.29, 1.82) is 0 Å². The molecule has 1 aromatic carbocycles. The van der Waals surface area contributed by atoms with Crippen molar-refractivity contribution in [3.8, 4) is 5.69 Å². The third-order valence-electron chi connectivity index (χ3n) is 5.69. The summed E-state index contributed by atoms with van der Waals surface area (Å²) in [6.07, 6.45) is 5.28. The number of aromatic amines is 1. The fourth-order valence-corrected chi connectivity index (χ4v) is 4.13. The molecule has 3 heterocycles. The lowest BCUT2D eigenvalue weighted by molar-refractivity contribution is 0.152. The first kappa shape index (κ1) is 17.4. The van der Waals surface area contributed by atoms with Crippen LogP contribution in [0, 0.1) is 13.8 Å². The van der Waals surface area contributed by atoms with Crippen molar-refractivity contribution in [2.24, 2.45) is 0 Å². The number of aryl methyl sites for hydroxylation is 2. The minimum Gasteiger partial charge on any atom is -0.380 e. The van der Waals surface area contributed by atoms with Crippen LogP contribution in [0.5, 0.6) is 0 Å². The van der Waals surface area contributed by atoms with Gasteiger partial charge in [0.1, 0.15) is 5.39 Å². The number of benzene rings is 1. The van der Waals surface area contributed by atoms with Gasteiger partial charge in [-0.05, 0) is 55.7 Å². The zero-order chi connectivity index (χ0) is 19.3. The zero-order valence-corrected chi connectivity index (χ0v) is 16.4. The summed E-state index contributed by atoms with van der Waals surface area (Å²) in [7, 11) is 0. The summed E-state index contributed by atoms with van der Waals surface area (Å²) >= 11 is 0. The second-order valence-corrected chi connectivity index (χ2v) is 7.93. The van der Waals surface area contributed by atoms with Crippen LogP contribution in [0.3, 0.4) is 0 Å². The molecular formula is C21H25N5O2. The lowest BCUT2D eigenvalue weighted by Crippen LogP contribution is -2.29. The Kier molecular flexibility index (Phi) is 4.19. The van der Waals surface area contributed by atoms with Crippen LogP contribution in [-0.2, 0) is 4.74 Å². The van der Waals surface area contributed by atoms with Crippen molar-refractivity contribution < 1.29 is 4.74 Å². The maximum atomic E-state index is 12.7. The first-order chi connectivity index (χ1) is 13.6. The topological polar surface area (TPSA) is 76.0 Å². The molecule has 0 amide bonds.